The monoisotopic (exact) mass is 635 g/mol. The van der Waals surface area contributed by atoms with Gasteiger partial charge in [0.2, 0.25) is 0 Å². The number of aryl methyl sites for hydroxylation is 1. The van der Waals surface area contributed by atoms with Crippen molar-refractivity contribution < 1.29 is 23.8 Å². The third kappa shape index (κ3) is 7.55. The van der Waals surface area contributed by atoms with E-state index in [4.69, 9.17) is 42.4 Å². The predicted octanol–water partition coefficient (Wildman–Crippen LogP) is 8.10. The number of ether oxygens (including phenoxy) is 3. The minimum atomic E-state index is -0.579. The molecule has 0 saturated heterocycles. The second-order valence-electron chi connectivity index (χ2n) is 11.5. The zero-order valence-corrected chi connectivity index (χ0v) is 26.7. The zero-order chi connectivity index (χ0) is 31.4. The number of carbonyl (C=O) groups is 2. The third-order valence-electron chi connectivity index (χ3n) is 6.96. The summed E-state index contributed by atoms with van der Waals surface area (Å²) >= 11 is 12.6. The molecule has 2 aromatic carbocycles. The second kappa shape index (κ2) is 13.3. The molecule has 1 aliphatic heterocycles. The Bertz CT molecular complexity index is 1700. The molecule has 5 rings (SSSR count). The Labute approximate surface area is 267 Å². The molecule has 0 fully saturated rings. The zero-order valence-electron chi connectivity index (χ0n) is 25.2. The summed E-state index contributed by atoms with van der Waals surface area (Å²) in [6.45, 7) is 8.58. The van der Waals surface area contributed by atoms with E-state index in [1.165, 1.54) is 6.08 Å². The van der Waals surface area contributed by atoms with Crippen LogP contribution in [0, 0.1) is 0 Å². The number of pyridine rings is 1. The van der Waals surface area contributed by atoms with Crippen LogP contribution in [0.1, 0.15) is 50.9 Å². The summed E-state index contributed by atoms with van der Waals surface area (Å²) in [7, 11) is 0. The van der Waals surface area contributed by atoms with Gasteiger partial charge in [0, 0.05) is 51.9 Å². The fourth-order valence-electron chi connectivity index (χ4n) is 5.10. The largest absolute Gasteiger partial charge is 0.493 e. The van der Waals surface area contributed by atoms with Crippen molar-refractivity contribution in [3.8, 4) is 5.75 Å². The first-order valence-corrected chi connectivity index (χ1v) is 15.3. The van der Waals surface area contributed by atoms with E-state index in [2.05, 4.69) is 0 Å². The van der Waals surface area contributed by atoms with Crippen LogP contribution in [0.5, 0.6) is 5.75 Å². The van der Waals surface area contributed by atoms with Crippen LogP contribution >= 0.6 is 23.2 Å². The van der Waals surface area contributed by atoms with Gasteiger partial charge in [-0.15, -0.1) is 0 Å². The topological polar surface area (TPSA) is 82.9 Å². The number of amides is 1. The molecular weight excluding hydrogens is 601 g/mol. The molecular formula is C34H35Cl2N3O5. The summed E-state index contributed by atoms with van der Waals surface area (Å²) in [4.78, 5) is 31.7. The minimum absolute atomic E-state index is 0.259. The standard InChI is InChI=1S/C34H35Cl2N3O5/c1-5-42-31(40)21-30(24-17-25(35)20-26(36)18-24)38-15-12-23-19-28(10-11-29(23)38)43-16-13-27-9-8-22-7-6-14-39(32(22)37-27)33(41)44-34(2,3)4/h8-12,15,17-21H,5-7,13-14,16H2,1-4H3. The average molecular weight is 637 g/mol. The Kier molecular flexibility index (Phi) is 9.51. The van der Waals surface area contributed by atoms with Crippen LogP contribution in [0.2, 0.25) is 10.0 Å². The predicted molar refractivity (Wildman–Crippen MR) is 174 cm³/mol. The molecule has 0 atom stereocenters. The van der Waals surface area contributed by atoms with Crippen LogP contribution in [0.3, 0.4) is 0 Å². The summed E-state index contributed by atoms with van der Waals surface area (Å²) in [6.07, 6.45) is 5.24. The van der Waals surface area contributed by atoms with E-state index < -0.39 is 11.6 Å². The van der Waals surface area contributed by atoms with Crippen molar-refractivity contribution in [3.63, 3.8) is 0 Å². The fourth-order valence-corrected chi connectivity index (χ4v) is 5.62. The molecule has 1 amide bonds. The normalized spacial score (nSPS) is 13.5. The maximum Gasteiger partial charge on any atom is 0.416 e. The Hall–Kier alpha value is -4.01. The number of carbonyl (C=O) groups excluding carboxylic acids is 2. The highest BCUT2D eigenvalue weighted by molar-refractivity contribution is 6.34. The molecule has 8 nitrogen and oxygen atoms in total. The number of rotatable bonds is 8. The molecule has 0 spiro atoms. The van der Waals surface area contributed by atoms with Gasteiger partial charge in [0.05, 0.1) is 24.4 Å². The Morgan fingerprint density at radius 3 is 2.52 bits per heavy atom. The van der Waals surface area contributed by atoms with Crippen LogP contribution in [-0.2, 0) is 27.1 Å². The number of anilines is 1. The van der Waals surface area contributed by atoms with Crippen LogP contribution in [0.25, 0.3) is 16.6 Å². The van der Waals surface area contributed by atoms with Crippen molar-refractivity contribution in [1.29, 1.82) is 0 Å². The van der Waals surface area contributed by atoms with Crippen molar-refractivity contribution in [2.45, 2.75) is 52.6 Å². The van der Waals surface area contributed by atoms with E-state index in [-0.39, 0.29) is 12.7 Å². The average Bonchev–Trinajstić information content (AvgIpc) is 3.37. The first kappa shape index (κ1) is 31.4. The van der Waals surface area contributed by atoms with Gasteiger partial charge in [-0.3, -0.25) is 4.90 Å². The van der Waals surface area contributed by atoms with Gasteiger partial charge in [0.1, 0.15) is 17.2 Å². The fraction of sp³-hybridized carbons (Fsp3) is 0.324. The van der Waals surface area contributed by atoms with Crippen molar-refractivity contribution in [2.75, 3.05) is 24.7 Å². The number of benzene rings is 2. The number of halogens is 2. The number of esters is 1. The van der Waals surface area contributed by atoms with E-state index in [1.807, 2.05) is 67.9 Å². The Morgan fingerprint density at radius 1 is 1.02 bits per heavy atom. The molecule has 44 heavy (non-hydrogen) atoms. The van der Waals surface area contributed by atoms with Crippen molar-refractivity contribution in [1.82, 2.24) is 9.55 Å². The van der Waals surface area contributed by atoms with Crippen molar-refractivity contribution in [3.05, 3.63) is 93.7 Å². The highest BCUT2D eigenvalue weighted by Crippen LogP contribution is 2.31. The summed E-state index contributed by atoms with van der Waals surface area (Å²) in [5.74, 6) is 0.897. The number of aromatic nitrogens is 2. The maximum absolute atomic E-state index is 12.8. The SMILES string of the molecule is CCOC(=O)C=C(c1cc(Cl)cc(Cl)c1)n1ccc2cc(OCCc3ccc4c(n3)N(C(=O)OC(C)(C)C)CCC4)ccc21. The number of fused-ring (bicyclic) bond motifs is 2. The van der Waals surface area contributed by atoms with Gasteiger partial charge < -0.3 is 18.8 Å². The maximum atomic E-state index is 12.8. The molecule has 230 valence electrons. The quantitative estimate of drug-likeness (QED) is 0.144. The lowest BCUT2D eigenvalue weighted by atomic mass is 10.1. The van der Waals surface area contributed by atoms with Gasteiger partial charge in [-0.1, -0.05) is 29.3 Å². The van der Waals surface area contributed by atoms with Crippen molar-refractivity contribution >= 4 is 57.7 Å². The first-order valence-electron chi connectivity index (χ1n) is 14.6. The summed E-state index contributed by atoms with van der Waals surface area (Å²) in [5, 5.41) is 1.84. The van der Waals surface area contributed by atoms with Crippen LogP contribution in [-0.4, -0.2) is 47.0 Å². The van der Waals surface area contributed by atoms with Gasteiger partial charge in [-0.05, 0) is 94.6 Å². The molecule has 0 N–H and O–H groups in total. The molecule has 1 aliphatic rings. The van der Waals surface area contributed by atoms with Crippen LogP contribution in [0.15, 0.2) is 66.9 Å². The van der Waals surface area contributed by atoms with E-state index >= 15 is 0 Å². The molecule has 0 unspecified atom stereocenters. The molecule has 0 saturated carbocycles. The highest BCUT2D eigenvalue weighted by atomic mass is 35.5. The van der Waals surface area contributed by atoms with Gasteiger partial charge in [0.25, 0.3) is 0 Å². The highest BCUT2D eigenvalue weighted by Gasteiger charge is 2.28. The van der Waals surface area contributed by atoms with E-state index in [0.29, 0.717) is 52.4 Å². The summed E-state index contributed by atoms with van der Waals surface area (Å²) in [6, 6.07) is 16.9. The van der Waals surface area contributed by atoms with Gasteiger partial charge in [-0.25, -0.2) is 14.6 Å². The van der Waals surface area contributed by atoms with Gasteiger partial charge in [-0.2, -0.15) is 0 Å². The molecule has 3 heterocycles. The lowest BCUT2D eigenvalue weighted by Gasteiger charge is -2.31. The molecule has 0 radical (unpaired) electrons. The lowest BCUT2D eigenvalue weighted by molar-refractivity contribution is -0.137. The van der Waals surface area contributed by atoms with Crippen LogP contribution < -0.4 is 9.64 Å². The van der Waals surface area contributed by atoms with E-state index in [0.717, 1.165) is 35.0 Å². The first-order chi connectivity index (χ1) is 21.0. The summed E-state index contributed by atoms with van der Waals surface area (Å²) in [5.41, 5.74) is 3.41. The van der Waals surface area contributed by atoms with Gasteiger partial charge in [0.15, 0.2) is 0 Å². The third-order valence-corrected chi connectivity index (χ3v) is 7.40. The Morgan fingerprint density at radius 2 is 1.80 bits per heavy atom. The smallest absolute Gasteiger partial charge is 0.416 e. The number of nitrogens with zero attached hydrogens (tertiary/aromatic N) is 3. The van der Waals surface area contributed by atoms with Crippen LogP contribution in [0.4, 0.5) is 10.6 Å². The van der Waals surface area contributed by atoms with Crippen molar-refractivity contribution in [2.24, 2.45) is 0 Å². The van der Waals surface area contributed by atoms with E-state index in [1.54, 1.807) is 30.0 Å². The van der Waals surface area contributed by atoms with E-state index in [9.17, 15) is 9.59 Å². The second-order valence-corrected chi connectivity index (χ2v) is 12.3. The van der Waals surface area contributed by atoms with Gasteiger partial charge >= 0.3 is 12.1 Å². The molecule has 4 aromatic rings. The lowest BCUT2D eigenvalue weighted by Crippen LogP contribution is -2.40. The number of hydrogen-bond donors (Lipinski definition) is 0. The summed E-state index contributed by atoms with van der Waals surface area (Å²) < 4.78 is 18.8. The molecule has 0 aliphatic carbocycles. The molecule has 2 aromatic heterocycles. The number of hydrogen-bond acceptors (Lipinski definition) is 6. The Balaban J connectivity index is 1.32. The molecule has 0 bridgehead atoms. The molecule has 10 heteroatoms. The minimum Gasteiger partial charge on any atom is -0.493 e.